The Kier molecular flexibility index (Phi) is 7.87. The molecule has 1 aromatic heterocycles. The van der Waals surface area contributed by atoms with Gasteiger partial charge in [0.1, 0.15) is 5.15 Å². The Morgan fingerprint density at radius 3 is 2.59 bits per heavy atom. The summed E-state index contributed by atoms with van der Waals surface area (Å²) in [5.41, 5.74) is 2.13. The van der Waals surface area contributed by atoms with E-state index in [0.29, 0.717) is 11.2 Å². The molecule has 1 atom stereocenters. The first-order valence-corrected chi connectivity index (χ1v) is 7.67. The van der Waals surface area contributed by atoms with E-state index >= 15 is 0 Å². The van der Waals surface area contributed by atoms with Gasteiger partial charge in [0.2, 0.25) is 0 Å². The van der Waals surface area contributed by atoms with Crippen molar-refractivity contribution in [2.24, 2.45) is 0 Å². The van der Waals surface area contributed by atoms with Crippen molar-refractivity contribution in [2.45, 2.75) is 19.4 Å². The van der Waals surface area contributed by atoms with Crippen LogP contribution in [-0.4, -0.2) is 36.1 Å². The zero-order chi connectivity index (χ0) is 13.9. The van der Waals surface area contributed by atoms with Gasteiger partial charge >= 0.3 is 0 Å². The lowest BCUT2D eigenvalue weighted by Crippen LogP contribution is -2.45. The molecule has 2 heterocycles. The molecule has 3 rings (SSSR count). The van der Waals surface area contributed by atoms with Crippen LogP contribution in [0.1, 0.15) is 24.9 Å². The van der Waals surface area contributed by atoms with Crippen LogP contribution >= 0.6 is 36.4 Å². The van der Waals surface area contributed by atoms with E-state index in [1.54, 1.807) is 0 Å². The number of piperazine rings is 1. The monoisotopic (exact) mass is 361 g/mol. The number of hydrogen-bond donors (Lipinski definition) is 1. The summed E-state index contributed by atoms with van der Waals surface area (Å²) in [5, 5.41) is 5.21. The fourth-order valence-electron chi connectivity index (χ4n) is 3.01. The van der Waals surface area contributed by atoms with Crippen molar-refractivity contribution in [3.8, 4) is 0 Å². The Balaban J connectivity index is 0.00000121. The summed E-state index contributed by atoms with van der Waals surface area (Å²) in [6.07, 6.45) is 1.06. The van der Waals surface area contributed by atoms with Crippen molar-refractivity contribution in [1.29, 1.82) is 0 Å². The van der Waals surface area contributed by atoms with Crippen molar-refractivity contribution in [2.75, 3.05) is 26.2 Å². The van der Waals surface area contributed by atoms with Gasteiger partial charge in [0, 0.05) is 43.2 Å². The SMILES string of the molecule is CC[C@H](c1cc2ccccc2nc1Cl)N1CCNCC1.Cl.Cl. The highest BCUT2D eigenvalue weighted by atomic mass is 35.5. The van der Waals surface area contributed by atoms with Gasteiger partial charge in [-0.3, -0.25) is 4.90 Å². The van der Waals surface area contributed by atoms with E-state index in [1.165, 1.54) is 5.39 Å². The molecule has 0 aliphatic carbocycles. The average molecular weight is 363 g/mol. The van der Waals surface area contributed by atoms with Crippen molar-refractivity contribution in [1.82, 2.24) is 15.2 Å². The second-order valence-electron chi connectivity index (χ2n) is 5.27. The molecule has 0 saturated carbocycles. The number of aromatic nitrogens is 1. The molecule has 22 heavy (non-hydrogen) atoms. The predicted molar refractivity (Wildman–Crippen MR) is 98.7 cm³/mol. The lowest BCUT2D eigenvalue weighted by Gasteiger charge is -2.35. The summed E-state index contributed by atoms with van der Waals surface area (Å²) < 4.78 is 0. The number of rotatable bonds is 3. The Labute approximate surface area is 149 Å². The molecule has 0 amide bonds. The van der Waals surface area contributed by atoms with E-state index in [1.807, 2.05) is 18.2 Å². The highest BCUT2D eigenvalue weighted by Gasteiger charge is 2.23. The molecule has 1 aliphatic heterocycles. The Morgan fingerprint density at radius 2 is 1.91 bits per heavy atom. The fraction of sp³-hybridized carbons (Fsp3) is 0.438. The van der Waals surface area contributed by atoms with Crippen LogP contribution in [-0.2, 0) is 0 Å². The molecule has 0 spiro atoms. The maximum Gasteiger partial charge on any atom is 0.134 e. The van der Waals surface area contributed by atoms with Gasteiger partial charge in [0.05, 0.1) is 5.52 Å². The molecule has 3 nitrogen and oxygen atoms in total. The first kappa shape index (κ1) is 19.5. The van der Waals surface area contributed by atoms with E-state index in [2.05, 4.69) is 34.3 Å². The summed E-state index contributed by atoms with van der Waals surface area (Å²) in [6.45, 7) is 6.46. The smallest absolute Gasteiger partial charge is 0.134 e. The largest absolute Gasteiger partial charge is 0.314 e. The third-order valence-corrected chi connectivity index (χ3v) is 4.35. The van der Waals surface area contributed by atoms with Gasteiger partial charge in [-0.25, -0.2) is 4.98 Å². The van der Waals surface area contributed by atoms with Crippen LogP contribution in [0.5, 0.6) is 0 Å². The maximum absolute atomic E-state index is 6.44. The number of nitrogens with zero attached hydrogens (tertiary/aromatic N) is 2. The van der Waals surface area contributed by atoms with E-state index in [0.717, 1.165) is 43.7 Å². The summed E-state index contributed by atoms with van der Waals surface area (Å²) in [4.78, 5) is 7.07. The highest BCUT2D eigenvalue weighted by molar-refractivity contribution is 6.30. The van der Waals surface area contributed by atoms with E-state index in [9.17, 15) is 0 Å². The summed E-state index contributed by atoms with van der Waals surface area (Å²) >= 11 is 6.44. The third-order valence-electron chi connectivity index (χ3n) is 4.04. The molecule has 1 N–H and O–H groups in total. The van der Waals surface area contributed by atoms with E-state index in [4.69, 9.17) is 11.6 Å². The standard InChI is InChI=1S/C16H20ClN3.2ClH/c1-2-15(20-9-7-18-8-10-20)13-11-12-5-3-4-6-14(12)19-16(13)17;;/h3-6,11,15,18H,2,7-10H2,1H3;2*1H/t15-;;/m1../s1. The minimum atomic E-state index is 0. The minimum Gasteiger partial charge on any atom is -0.314 e. The maximum atomic E-state index is 6.44. The minimum absolute atomic E-state index is 0. The molecular formula is C16H22Cl3N3. The number of hydrogen-bond acceptors (Lipinski definition) is 3. The summed E-state index contributed by atoms with van der Waals surface area (Å²) in [7, 11) is 0. The number of nitrogens with one attached hydrogen (secondary N) is 1. The Morgan fingerprint density at radius 1 is 1.23 bits per heavy atom. The second-order valence-corrected chi connectivity index (χ2v) is 5.63. The second kappa shape index (κ2) is 8.90. The van der Waals surface area contributed by atoms with Gasteiger partial charge in [0.15, 0.2) is 0 Å². The van der Waals surface area contributed by atoms with Gasteiger partial charge in [-0.1, -0.05) is 36.7 Å². The molecule has 1 fully saturated rings. The first-order chi connectivity index (χ1) is 9.79. The van der Waals surface area contributed by atoms with Gasteiger partial charge < -0.3 is 5.32 Å². The van der Waals surface area contributed by atoms with Crippen LogP contribution in [0, 0.1) is 0 Å². The normalized spacial score (nSPS) is 16.6. The first-order valence-electron chi connectivity index (χ1n) is 7.29. The average Bonchev–Trinajstić information content (AvgIpc) is 2.49. The number of fused-ring (bicyclic) bond motifs is 1. The summed E-state index contributed by atoms with van der Waals surface area (Å²) in [5.74, 6) is 0. The molecule has 1 aromatic carbocycles. The van der Waals surface area contributed by atoms with Crippen LogP contribution in [0.3, 0.4) is 0 Å². The van der Waals surface area contributed by atoms with Crippen LogP contribution < -0.4 is 5.32 Å². The van der Waals surface area contributed by atoms with Crippen LogP contribution in [0.2, 0.25) is 5.15 Å². The van der Waals surface area contributed by atoms with Crippen LogP contribution in [0.25, 0.3) is 10.9 Å². The zero-order valence-electron chi connectivity index (χ0n) is 12.6. The lowest BCUT2D eigenvalue weighted by molar-refractivity contribution is 0.169. The molecule has 0 bridgehead atoms. The third kappa shape index (κ3) is 4.03. The number of benzene rings is 1. The van der Waals surface area contributed by atoms with Crippen molar-refractivity contribution >= 4 is 47.3 Å². The lowest BCUT2D eigenvalue weighted by atomic mass is 10.0. The molecule has 1 saturated heterocycles. The van der Waals surface area contributed by atoms with E-state index in [-0.39, 0.29) is 24.8 Å². The van der Waals surface area contributed by atoms with Crippen molar-refractivity contribution in [3.05, 3.63) is 41.0 Å². The van der Waals surface area contributed by atoms with Crippen molar-refractivity contribution in [3.63, 3.8) is 0 Å². The molecular weight excluding hydrogens is 341 g/mol. The Hall–Kier alpha value is -0.580. The molecule has 0 radical (unpaired) electrons. The molecule has 2 aromatic rings. The van der Waals surface area contributed by atoms with Crippen LogP contribution in [0.4, 0.5) is 0 Å². The number of pyridine rings is 1. The summed E-state index contributed by atoms with van der Waals surface area (Å²) in [6, 6.07) is 10.7. The quantitative estimate of drug-likeness (QED) is 0.834. The Bertz CT molecular complexity index is 600. The van der Waals surface area contributed by atoms with Crippen molar-refractivity contribution < 1.29 is 0 Å². The zero-order valence-corrected chi connectivity index (χ0v) is 15.0. The predicted octanol–water partition coefficient (Wildman–Crippen LogP) is 4.09. The van der Waals surface area contributed by atoms with Crippen LogP contribution in [0.15, 0.2) is 30.3 Å². The highest BCUT2D eigenvalue weighted by Crippen LogP contribution is 2.31. The number of para-hydroxylation sites is 1. The van der Waals surface area contributed by atoms with Gasteiger partial charge in [-0.15, -0.1) is 24.8 Å². The fourth-order valence-corrected chi connectivity index (χ4v) is 3.28. The number of halogens is 3. The molecule has 0 unspecified atom stereocenters. The molecule has 122 valence electrons. The topological polar surface area (TPSA) is 28.2 Å². The van der Waals surface area contributed by atoms with Gasteiger partial charge in [-0.2, -0.15) is 0 Å². The van der Waals surface area contributed by atoms with E-state index < -0.39 is 0 Å². The van der Waals surface area contributed by atoms with Gasteiger partial charge in [0.25, 0.3) is 0 Å². The van der Waals surface area contributed by atoms with Gasteiger partial charge in [-0.05, 0) is 18.6 Å². The molecule has 6 heteroatoms. The molecule has 1 aliphatic rings.